The average Bonchev–Trinajstić information content (AvgIpc) is 2.90. The summed E-state index contributed by atoms with van der Waals surface area (Å²) in [7, 11) is 0. The second kappa shape index (κ2) is 4.16. The van der Waals surface area contributed by atoms with E-state index in [0.29, 0.717) is 11.3 Å². The Morgan fingerprint density at radius 1 is 1.41 bits per heavy atom. The van der Waals surface area contributed by atoms with Gasteiger partial charge in [-0.05, 0) is 57.9 Å². The van der Waals surface area contributed by atoms with E-state index in [-0.39, 0.29) is 6.09 Å². The molecular weight excluding hydrogens is 216 g/mol. The summed E-state index contributed by atoms with van der Waals surface area (Å²) in [4.78, 5) is 13.7. The predicted molar refractivity (Wildman–Crippen MR) is 66.6 cm³/mol. The van der Waals surface area contributed by atoms with Crippen molar-refractivity contribution < 1.29 is 9.53 Å². The first-order chi connectivity index (χ1) is 7.86. The monoisotopic (exact) mass is 240 g/mol. The Morgan fingerprint density at radius 3 is 2.41 bits per heavy atom. The highest BCUT2D eigenvalue weighted by molar-refractivity contribution is 5.68. The molecule has 0 aromatic heterocycles. The molecule has 0 radical (unpaired) electrons. The van der Waals surface area contributed by atoms with Crippen LogP contribution in [0.4, 0.5) is 4.79 Å². The smallest absolute Gasteiger partial charge is 0.410 e. The zero-order valence-corrected chi connectivity index (χ0v) is 11.2. The van der Waals surface area contributed by atoms with Crippen LogP contribution in [-0.2, 0) is 4.74 Å². The maximum atomic E-state index is 11.9. The van der Waals surface area contributed by atoms with Crippen molar-refractivity contribution in [1.29, 1.82) is 0 Å². The SMILES string of the molecule is CC(C)(C)OC(=O)N1CCC2(CC1)C[C@H]2CN. The van der Waals surface area contributed by atoms with Gasteiger partial charge in [-0.1, -0.05) is 0 Å². The van der Waals surface area contributed by atoms with Crippen LogP contribution in [0.3, 0.4) is 0 Å². The van der Waals surface area contributed by atoms with Crippen LogP contribution in [0.2, 0.25) is 0 Å². The van der Waals surface area contributed by atoms with Crippen LogP contribution in [0.1, 0.15) is 40.0 Å². The highest BCUT2D eigenvalue weighted by Gasteiger charge is 2.54. The van der Waals surface area contributed by atoms with Gasteiger partial charge in [0.1, 0.15) is 5.60 Å². The van der Waals surface area contributed by atoms with E-state index in [0.717, 1.165) is 32.5 Å². The Balaban J connectivity index is 1.82. The number of carbonyl (C=O) groups excluding carboxylic acids is 1. The largest absolute Gasteiger partial charge is 0.444 e. The fourth-order valence-electron chi connectivity index (χ4n) is 2.84. The van der Waals surface area contributed by atoms with Gasteiger partial charge < -0.3 is 15.4 Å². The highest BCUT2D eigenvalue weighted by Crippen LogP contribution is 2.58. The van der Waals surface area contributed by atoms with Crippen LogP contribution in [0.15, 0.2) is 0 Å². The number of nitrogens with zero attached hydrogens (tertiary/aromatic N) is 1. The topological polar surface area (TPSA) is 55.6 Å². The number of hydrogen-bond donors (Lipinski definition) is 1. The van der Waals surface area contributed by atoms with E-state index >= 15 is 0 Å². The van der Waals surface area contributed by atoms with Crippen molar-refractivity contribution in [3.8, 4) is 0 Å². The molecule has 1 atom stereocenters. The van der Waals surface area contributed by atoms with Gasteiger partial charge in [-0.25, -0.2) is 4.79 Å². The van der Waals surface area contributed by atoms with E-state index in [1.807, 2.05) is 25.7 Å². The van der Waals surface area contributed by atoms with Crippen LogP contribution in [0, 0.1) is 11.3 Å². The third-order valence-electron chi connectivity index (χ3n) is 4.05. The number of rotatable bonds is 1. The van der Waals surface area contributed by atoms with Gasteiger partial charge in [-0.3, -0.25) is 0 Å². The number of nitrogens with two attached hydrogens (primary N) is 1. The van der Waals surface area contributed by atoms with Crippen molar-refractivity contribution in [2.45, 2.75) is 45.6 Å². The Kier molecular flexibility index (Phi) is 3.10. The van der Waals surface area contributed by atoms with Gasteiger partial charge in [0.05, 0.1) is 0 Å². The summed E-state index contributed by atoms with van der Waals surface area (Å²) in [5.74, 6) is 0.697. The van der Waals surface area contributed by atoms with Crippen LogP contribution >= 0.6 is 0 Å². The lowest BCUT2D eigenvalue weighted by Gasteiger charge is -2.34. The summed E-state index contributed by atoms with van der Waals surface area (Å²) in [5.41, 5.74) is 5.78. The van der Waals surface area contributed by atoms with Crippen molar-refractivity contribution in [1.82, 2.24) is 4.90 Å². The molecule has 4 heteroatoms. The van der Waals surface area contributed by atoms with Crippen molar-refractivity contribution in [2.24, 2.45) is 17.1 Å². The molecule has 98 valence electrons. The van der Waals surface area contributed by atoms with E-state index in [4.69, 9.17) is 10.5 Å². The zero-order chi connectivity index (χ0) is 12.7. The molecular formula is C13H24N2O2. The lowest BCUT2D eigenvalue weighted by molar-refractivity contribution is 0.0166. The minimum absolute atomic E-state index is 0.169. The molecule has 1 heterocycles. The van der Waals surface area contributed by atoms with Gasteiger partial charge in [0.25, 0.3) is 0 Å². The van der Waals surface area contributed by atoms with Crippen molar-refractivity contribution in [3.63, 3.8) is 0 Å². The summed E-state index contributed by atoms with van der Waals surface area (Å²) in [6.45, 7) is 8.16. The molecule has 1 amide bonds. The molecule has 1 spiro atoms. The van der Waals surface area contributed by atoms with Crippen molar-refractivity contribution in [3.05, 3.63) is 0 Å². The van der Waals surface area contributed by atoms with Crippen molar-refractivity contribution in [2.75, 3.05) is 19.6 Å². The molecule has 0 bridgehead atoms. The molecule has 2 N–H and O–H groups in total. The van der Waals surface area contributed by atoms with Crippen LogP contribution in [0.25, 0.3) is 0 Å². The minimum Gasteiger partial charge on any atom is -0.444 e. The quantitative estimate of drug-likeness (QED) is 0.762. The molecule has 1 aliphatic carbocycles. The predicted octanol–water partition coefficient (Wildman–Crippen LogP) is 1.98. The lowest BCUT2D eigenvalue weighted by atomic mass is 9.91. The minimum atomic E-state index is -0.397. The van der Waals surface area contributed by atoms with Gasteiger partial charge in [0.15, 0.2) is 0 Å². The highest BCUT2D eigenvalue weighted by atomic mass is 16.6. The molecule has 0 aromatic carbocycles. The first-order valence-electron chi connectivity index (χ1n) is 6.54. The molecule has 2 rings (SSSR count). The Morgan fingerprint density at radius 2 is 2.00 bits per heavy atom. The number of hydrogen-bond acceptors (Lipinski definition) is 3. The molecule has 1 aliphatic heterocycles. The molecule has 2 aliphatic rings. The Bertz CT molecular complexity index is 301. The van der Waals surface area contributed by atoms with Crippen LogP contribution in [-0.4, -0.2) is 36.2 Å². The third-order valence-corrected chi connectivity index (χ3v) is 4.05. The first kappa shape index (κ1) is 12.7. The normalized spacial score (nSPS) is 27.1. The number of carbonyl (C=O) groups is 1. The number of amides is 1. The van der Waals surface area contributed by atoms with Crippen LogP contribution < -0.4 is 5.73 Å². The van der Waals surface area contributed by atoms with E-state index in [2.05, 4.69) is 0 Å². The second-order valence-corrected chi connectivity index (χ2v) is 6.47. The first-order valence-corrected chi connectivity index (χ1v) is 6.54. The van der Waals surface area contributed by atoms with Gasteiger partial charge in [0.2, 0.25) is 0 Å². The summed E-state index contributed by atoms with van der Waals surface area (Å²) in [6, 6.07) is 0. The Hall–Kier alpha value is -0.770. The molecule has 4 nitrogen and oxygen atoms in total. The molecule has 2 fully saturated rings. The van der Waals surface area contributed by atoms with Crippen LogP contribution in [0.5, 0.6) is 0 Å². The summed E-state index contributed by atoms with van der Waals surface area (Å²) in [6.07, 6.45) is 3.27. The average molecular weight is 240 g/mol. The standard InChI is InChI=1S/C13H24N2O2/c1-12(2,3)17-11(16)15-6-4-13(5-7-15)8-10(13)9-14/h10H,4-9,14H2,1-3H3/t10-/m0/s1. The number of ether oxygens (including phenoxy) is 1. The number of piperidine rings is 1. The molecule has 0 unspecified atom stereocenters. The molecule has 1 saturated heterocycles. The van der Waals surface area contributed by atoms with E-state index in [9.17, 15) is 4.79 Å². The molecule has 0 aromatic rings. The fourth-order valence-corrected chi connectivity index (χ4v) is 2.84. The van der Waals surface area contributed by atoms with Crippen molar-refractivity contribution >= 4 is 6.09 Å². The summed E-state index contributed by atoms with van der Waals surface area (Å²) >= 11 is 0. The van der Waals surface area contributed by atoms with E-state index in [1.54, 1.807) is 0 Å². The Labute approximate surface area is 103 Å². The maximum absolute atomic E-state index is 11.9. The second-order valence-electron chi connectivity index (χ2n) is 6.47. The van der Waals surface area contributed by atoms with Gasteiger partial charge in [0, 0.05) is 13.1 Å². The zero-order valence-electron chi connectivity index (χ0n) is 11.2. The number of likely N-dealkylation sites (tertiary alicyclic amines) is 1. The van der Waals surface area contributed by atoms with Gasteiger partial charge >= 0.3 is 6.09 Å². The fraction of sp³-hybridized carbons (Fsp3) is 0.923. The van der Waals surface area contributed by atoms with Gasteiger partial charge in [-0.2, -0.15) is 0 Å². The molecule has 17 heavy (non-hydrogen) atoms. The lowest BCUT2D eigenvalue weighted by Crippen LogP contribution is -2.42. The van der Waals surface area contributed by atoms with E-state index in [1.165, 1.54) is 6.42 Å². The summed E-state index contributed by atoms with van der Waals surface area (Å²) < 4.78 is 5.38. The third kappa shape index (κ3) is 2.73. The molecule has 1 saturated carbocycles. The van der Waals surface area contributed by atoms with E-state index < -0.39 is 5.60 Å². The maximum Gasteiger partial charge on any atom is 0.410 e. The summed E-state index contributed by atoms with van der Waals surface area (Å²) in [5, 5.41) is 0. The van der Waals surface area contributed by atoms with Gasteiger partial charge in [-0.15, -0.1) is 0 Å².